The van der Waals surface area contributed by atoms with Crippen LogP contribution in [0.3, 0.4) is 0 Å². The van der Waals surface area contributed by atoms with E-state index < -0.39 is 50.6 Å². The second-order valence-electron chi connectivity index (χ2n) is 14.8. The molecule has 1 aromatic carbocycles. The second-order valence-corrected chi connectivity index (χ2v) is 17.6. The summed E-state index contributed by atoms with van der Waals surface area (Å²) >= 11 is 1.48. The number of ether oxygens (including phenoxy) is 2. The number of hydrogen-bond acceptors (Lipinski definition) is 11. The van der Waals surface area contributed by atoms with Gasteiger partial charge in [0.15, 0.2) is 5.13 Å². The topological polar surface area (TPSA) is 169 Å². The highest BCUT2D eigenvalue weighted by Gasteiger charge is 2.62. The Morgan fingerprint density at radius 3 is 2.63 bits per heavy atom. The number of allylic oxidation sites excluding steroid dienone is 1. The Kier molecular flexibility index (Phi) is 9.93. The maximum absolute atomic E-state index is 14.2. The summed E-state index contributed by atoms with van der Waals surface area (Å²) in [5.74, 6) is -2.00. The molecule has 0 spiro atoms. The highest BCUT2D eigenvalue weighted by Crippen LogP contribution is 2.47. The molecule has 3 amide bonds. The van der Waals surface area contributed by atoms with Gasteiger partial charge in [-0.2, -0.15) is 0 Å². The number of benzene rings is 1. The standard InChI is InChI=1S/C37H46N6O7S2/c1-21(2)38-36-40-31(20-51-36)30-18-32(26-13-10-23(49-4)17-29(26)39-30)50-24-15-27-28(16-24)34(45)43(3)14-8-6-5-7-9-22-19-37(22,41-33(27)44)35(46)42-52(47,48)25-11-12-25/h7,9-10,13,17-18,20-22,24-25,27-28H,5-6,8,11-12,14-16,19H2,1-4H3,(H,38,40)(H,41,44)(H,42,46)/b9-7-/t22-,24+,27+,28+,37-/m0/s1. The van der Waals surface area contributed by atoms with Crippen molar-refractivity contribution < 1.29 is 32.3 Å². The van der Waals surface area contributed by atoms with E-state index in [0.717, 1.165) is 29.8 Å². The Bertz CT molecular complexity index is 2010. The number of carbonyl (C=O) groups excluding carboxylic acids is 3. The van der Waals surface area contributed by atoms with Crippen LogP contribution in [0.4, 0.5) is 5.13 Å². The van der Waals surface area contributed by atoms with Crippen molar-refractivity contribution >= 4 is 55.1 Å². The molecule has 2 aromatic heterocycles. The van der Waals surface area contributed by atoms with Gasteiger partial charge in [0.05, 0.1) is 35.4 Å². The number of fused-ring (bicyclic) bond motifs is 3. The number of aromatic nitrogens is 2. The molecule has 0 radical (unpaired) electrons. The number of sulfonamides is 1. The van der Waals surface area contributed by atoms with Crippen LogP contribution in [-0.2, 0) is 24.4 Å². The zero-order valence-corrected chi connectivity index (χ0v) is 31.5. The molecule has 0 unspecified atom stereocenters. The van der Waals surface area contributed by atoms with E-state index in [1.54, 1.807) is 19.1 Å². The summed E-state index contributed by atoms with van der Waals surface area (Å²) in [7, 11) is -0.479. The van der Waals surface area contributed by atoms with Crippen LogP contribution in [-0.4, -0.2) is 84.6 Å². The lowest BCUT2D eigenvalue weighted by molar-refractivity contribution is -0.140. The van der Waals surface area contributed by atoms with E-state index in [1.165, 1.54) is 11.3 Å². The largest absolute Gasteiger partial charge is 0.497 e. The molecule has 52 heavy (non-hydrogen) atoms. The van der Waals surface area contributed by atoms with Crippen LogP contribution in [0.25, 0.3) is 22.3 Å². The van der Waals surface area contributed by atoms with Crippen molar-refractivity contribution in [1.82, 2.24) is 24.9 Å². The van der Waals surface area contributed by atoms with E-state index in [4.69, 9.17) is 19.4 Å². The molecule has 3 fully saturated rings. The van der Waals surface area contributed by atoms with Gasteiger partial charge >= 0.3 is 0 Å². The van der Waals surface area contributed by atoms with Crippen LogP contribution < -0.4 is 24.8 Å². The summed E-state index contributed by atoms with van der Waals surface area (Å²) in [6.45, 7) is 4.64. The number of thiazole rings is 1. The van der Waals surface area contributed by atoms with Gasteiger partial charge in [0.1, 0.15) is 28.8 Å². The minimum absolute atomic E-state index is 0.154. The van der Waals surface area contributed by atoms with Crippen molar-refractivity contribution in [3.63, 3.8) is 0 Å². The number of methoxy groups -OCH3 is 1. The fourth-order valence-corrected chi connectivity index (χ4v) is 9.52. The van der Waals surface area contributed by atoms with Gasteiger partial charge in [-0.3, -0.25) is 19.1 Å². The van der Waals surface area contributed by atoms with Crippen LogP contribution in [0.15, 0.2) is 41.8 Å². The summed E-state index contributed by atoms with van der Waals surface area (Å²) in [6.07, 6.45) is 7.56. The summed E-state index contributed by atoms with van der Waals surface area (Å²) in [4.78, 5) is 53.2. The fraction of sp³-hybridized carbons (Fsp3) is 0.541. The predicted octanol–water partition coefficient (Wildman–Crippen LogP) is 4.64. The number of pyridine rings is 1. The number of amides is 3. The number of hydrogen-bond donors (Lipinski definition) is 3. The molecule has 5 atom stereocenters. The van der Waals surface area contributed by atoms with E-state index in [0.29, 0.717) is 47.8 Å². The van der Waals surface area contributed by atoms with E-state index in [1.807, 2.05) is 55.6 Å². The third-order valence-corrected chi connectivity index (χ3v) is 13.0. The number of nitrogens with one attached hydrogen (secondary N) is 3. The molecule has 278 valence electrons. The van der Waals surface area contributed by atoms with Gasteiger partial charge < -0.3 is 25.0 Å². The molecule has 3 saturated carbocycles. The number of rotatable bonds is 9. The zero-order valence-electron chi connectivity index (χ0n) is 29.9. The Morgan fingerprint density at radius 2 is 1.88 bits per heavy atom. The highest BCUT2D eigenvalue weighted by molar-refractivity contribution is 7.91. The van der Waals surface area contributed by atoms with Gasteiger partial charge in [0.25, 0.3) is 5.91 Å². The Morgan fingerprint density at radius 1 is 1.10 bits per heavy atom. The quantitative estimate of drug-likeness (QED) is 0.262. The normalized spacial score (nSPS) is 27.3. The molecule has 15 heteroatoms. The fourth-order valence-electron chi connectivity index (χ4n) is 7.31. The summed E-state index contributed by atoms with van der Waals surface area (Å²) in [5.41, 5.74) is 0.532. The summed E-state index contributed by atoms with van der Waals surface area (Å²) in [6, 6.07) is 7.59. The first-order valence-electron chi connectivity index (χ1n) is 18.0. The molecular weight excluding hydrogens is 705 g/mol. The van der Waals surface area contributed by atoms with Gasteiger partial charge in [0, 0.05) is 48.5 Å². The molecule has 3 N–H and O–H groups in total. The lowest BCUT2D eigenvalue weighted by Gasteiger charge is -2.26. The van der Waals surface area contributed by atoms with Crippen LogP contribution in [0.1, 0.15) is 65.2 Å². The number of anilines is 1. The van der Waals surface area contributed by atoms with Gasteiger partial charge in [-0.15, -0.1) is 11.3 Å². The first-order chi connectivity index (χ1) is 24.9. The van der Waals surface area contributed by atoms with E-state index in [2.05, 4.69) is 15.4 Å². The van der Waals surface area contributed by atoms with Crippen molar-refractivity contribution in [2.75, 3.05) is 26.0 Å². The molecule has 7 rings (SSSR count). The maximum Gasteiger partial charge on any atom is 0.259 e. The Hall–Kier alpha value is -4.24. The van der Waals surface area contributed by atoms with Crippen molar-refractivity contribution in [3.05, 3.63) is 41.8 Å². The Labute approximate surface area is 308 Å². The van der Waals surface area contributed by atoms with Gasteiger partial charge in [-0.1, -0.05) is 12.2 Å². The minimum Gasteiger partial charge on any atom is -0.497 e. The van der Waals surface area contributed by atoms with Crippen LogP contribution >= 0.6 is 11.3 Å². The smallest absolute Gasteiger partial charge is 0.259 e. The molecule has 3 aromatic rings. The average molecular weight is 751 g/mol. The summed E-state index contributed by atoms with van der Waals surface area (Å²) in [5, 5.41) is 9.15. The van der Waals surface area contributed by atoms with E-state index in [9.17, 15) is 22.8 Å². The van der Waals surface area contributed by atoms with E-state index in [-0.39, 0.29) is 37.1 Å². The predicted molar refractivity (Wildman–Crippen MR) is 198 cm³/mol. The van der Waals surface area contributed by atoms with Crippen molar-refractivity contribution in [3.8, 4) is 22.9 Å². The average Bonchev–Trinajstić information content (AvgIpc) is 3.99. The second kappa shape index (κ2) is 14.3. The van der Waals surface area contributed by atoms with Gasteiger partial charge in [0.2, 0.25) is 21.8 Å². The lowest BCUT2D eigenvalue weighted by atomic mass is 9.93. The molecule has 4 aliphatic rings. The van der Waals surface area contributed by atoms with Crippen LogP contribution in [0, 0.1) is 17.8 Å². The molecule has 3 aliphatic carbocycles. The van der Waals surface area contributed by atoms with Gasteiger partial charge in [-0.25, -0.2) is 18.4 Å². The minimum atomic E-state index is -3.83. The Balaban J connectivity index is 1.19. The van der Waals surface area contributed by atoms with Crippen molar-refractivity contribution in [2.45, 2.75) is 88.1 Å². The summed E-state index contributed by atoms with van der Waals surface area (Å²) < 4.78 is 40.0. The highest BCUT2D eigenvalue weighted by atomic mass is 32.2. The molecular formula is C37H46N6O7S2. The van der Waals surface area contributed by atoms with Gasteiger partial charge in [-0.05, 0) is 77.3 Å². The van der Waals surface area contributed by atoms with Crippen LogP contribution in [0.2, 0.25) is 0 Å². The number of carbonyl (C=O) groups is 3. The first-order valence-corrected chi connectivity index (χ1v) is 20.5. The number of nitrogens with zero attached hydrogens (tertiary/aromatic N) is 3. The zero-order chi connectivity index (χ0) is 36.8. The van der Waals surface area contributed by atoms with E-state index >= 15 is 0 Å². The molecule has 13 nitrogen and oxygen atoms in total. The maximum atomic E-state index is 14.2. The first kappa shape index (κ1) is 36.1. The SMILES string of the molecule is COc1ccc2c(O[C@@H]3C[C@H]4C(=O)N[C@@]5(C(=O)NS(=O)(=O)C6CC6)C[C@@H]5/C=C\CCCCN(C)C(=O)[C@@H]4C3)cc(-c3csc(NC(C)C)n3)nc2c1. The third-order valence-electron chi connectivity index (χ3n) is 10.4. The third kappa shape index (κ3) is 7.47. The molecule has 1 aliphatic heterocycles. The van der Waals surface area contributed by atoms with Crippen LogP contribution in [0.5, 0.6) is 11.5 Å². The molecule has 0 saturated heterocycles. The molecule has 3 heterocycles. The van der Waals surface area contributed by atoms with Crippen molar-refractivity contribution in [1.29, 1.82) is 0 Å². The van der Waals surface area contributed by atoms with Crippen molar-refractivity contribution in [2.24, 2.45) is 17.8 Å². The lowest BCUT2D eigenvalue weighted by Crippen LogP contribution is -2.54. The molecule has 0 bridgehead atoms. The monoisotopic (exact) mass is 750 g/mol.